The summed E-state index contributed by atoms with van der Waals surface area (Å²) in [6, 6.07) is 18.2. The molecule has 0 spiro atoms. The molecule has 0 bridgehead atoms. The van der Waals surface area contributed by atoms with Crippen LogP contribution in [0.4, 0.5) is 0 Å². The van der Waals surface area contributed by atoms with Crippen LogP contribution in [-0.4, -0.2) is 15.6 Å². The fourth-order valence-electron chi connectivity index (χ4n) is 2.99. The number of aliphatic carboxylic acids is 1. The number of carboxylic acid groups (broad SMARTS) is 1. The molecule has 22 heavy (non-hydrogen) atoms. The van der Waals surface area contributed by atoms with E-state index in [0.29, 0.717) is 6.42 Å². The zero-order valence-electron chi connectivity index (χ0n) is 12.6. The van der Waals surface area contributed by atoms with Gasteiger partial charge in [0.15, 0.2) is 0 Å². The SMILES string of the molecule is CCC(C(=O)O)c1cn(Cc2ccccc2)c2ccccc12. The van der Waals surface area contributed by atoms with E-state index in [1.54, 1.807) is 0 Å². The third-order valence-electron chi connectivity index (χ3n) is 4.10. The van der Waals surface area contributed by atoms with Gasteiger partial charge in [0.25, 0.3) is 0 Å². The smallest absolute Gasteiger partial charge is 0.311 e. The van der Waals surface area contributed by atoms with E-state index in [1.807, 2.05) is 49.5 Å². The number of hydrogen-bond donors (Lipinski definition) is 1. The Morgan fingerprint density at radius 3 is 2.45 bits per heavy atom. The van der Waals surface area contributed by atoms with Gasteiger partial charge >= 0.3 is 5.97 Å². The van der Waals surface area contributed by atoms with Crippen LogP contribution in [0.2, 0.25) is 0 Å². The first kappa shape index (κ1) is 14.4. The first-order valence-corrected chi connectivity index (χ1v) is 7.55. The van der Waals surface area contributed by atoms with Crippen molar-refractivity contribution in [1.29, 1.82) is 0 Å². The predicted octanol–water partition coefficient (Wildman–Crippen LogP) is 4.27. The normalized spacial score (nSPS) is 12.4. The lowest BCUT2D eigenvalue weighted by atomic mass is 9.96. The van der Waals surface area contributed by atoms with E-state index in [-0.39, 0.29) is 0 Å². The van der Waals surface area contributed by atoms with Crippen LogP contribution < -0.4 is 0 Å². The molecule has 3 rings (SSSR count). The summed E-state index contributed by atoms with van der Waals surface area (Å²) < 4.78 is 2.14. The summed E-state index contributed by atoms with van der Waals surface area (Å²) in [6.07, 6.45) is 2.59. The van der Waals surface area contributed by atoms with Crippen molar-refractivity contribution >= 4 is 16.9 Å². The lowest BCUT2D eigenvalue weighted by Gasteiger charge is -2.08. The second-order valence-electron chi connectivity index (χ2n) is 5.51. The number of carbonyl (C=O) groups is 1. The summed E-state index contributed by atoms with van der Waals surface area (Å²) >= 11 is 0. The number of para-hydroxylation sites is 1. The summed E-state index contributed by atoms with van der Waals surface area (Å²) in [7, 11) is 0. The maximum absolute atomic E-state index is 11.5. The number of carboxylic acids is 1. The number of rotatable bonds is 5. The second-order valence-corrected chi connectivity index (χ2v) is 5.51. The van der Waals surface area contributed by atoms with Crippen LogP contribution in [-0.2, 0) is 11.3 Å². The van der Waals surface area contributed by atoms with Gasteiger partial charge < -0.3 is 9.67 Å². The van der Waals surface area contributed by atoms with E-state index in [0.717, 1.165) is 23.0 Å². The Hall–Kier alpha value is -2.55. The first-order chi connectivity index (χ1) is 10.7. The van der Waals surface area contributed by atoms with Gasteiger partial charge in [-0.3, -0.25) is 4.79 Å². The molecular formula is C19H19NO2. The molecule has 0 aliphatic heterocycles. The van der Waals surface area contributed by atoms with Crippen molar-refractivity contribution < 1.29 is 9.90 Å². The summed E-state index contributed by atoms with van der Waals surface area (Å²) in [5.74, 6) is -1.22. The Kier molecular flexibility index (Phi) is 3.96. The van der Waals surface area contributed by atoms with Crippen molar-refractivity contribution in [3.05, 3.63) is 71.9 Å². The van der Waals surface area contributed by atoms with E-state index >= 15 is 0 Å². The van der Waals surface area contributed by atoms with Crippen LogP contribution in [0.1, 0.15) is 30.4 Å². The van der Waals surface area contributed by atoms with E-state index < -0.39 is 11.9 Å². The Labute approximate surface area is 129 Å². The zero-order valence-corrected chi connectivity index (χ0v) is 12.6. The standard InChI is InChI=1S/C19H19NO2/c1-2-15(19(21)22)17-13-20(12-14-8-4-3-5-9-14)18-11-7-6-10-16(17)18/h3-11,13,15H,2,12H2,1H3,(H,21,22). The van der Waals surface area contributed by atoms with Crippen LogP contribution in [0.25, 0.3) is 10.9 Å². The largest absolute Gasteiger partial charge is 0.481 e. The van der Waals surface area contributed by atoms with Crippen molar-refractivity contribution in [2.45, 2.75) is 25.8 Å². The zero-order chi connectivity index (χ0) is 15.5. The van der Waals surface area contributed by atoms with E-state index in [2.05, 4.69) is 22.8 Å². The summed E-state index contributed by atoms with van der Waals surface area (Å²) in [4.78, 5) is 11.5. The van der Waals surface area contributed by atoms with Gasteiger partial charge in [-0.1, -0.05) is 55.5 Å². The Morgan fingerprint density at radius 2 is 1.77 bits per heavy atom. The lowest BCUT2D eigenvalue weighted by molar-refractivity contribution is -0.138. The Bertz CT molecular complexity index is 790. The topological polar surface area (TPSA) is 42.2 Å². The fourth-order valence-corrected chi connectivity index (χ4v) is 2.99. The van der Waals surface area contributed by atoms with E-state index in [9.17, 15) is 9.90 Å². The molecule has 112 valence electrons. The number of benzene rings is 2. The molecule has 1 heterocycles. The third kappa shape index (κ3) is 2.62. The quantitative estimate of drug-likeness (QED) is 0.763. The van der Waals surface area contributed by atoms with Gasteiger partial charge in [0, 0.05) is 23.6 Å². The molecule has 3 aromatic rings. The Balaban J connectivity index is 2.10. The average Bonchev–Trinajstić information content (AvgIpc) is 2.88. The van der Waals surface area contributed by atoms with Crippen molar-refractivity contribution in [3.63, 3.8) is 0 Å². The maximum atomic E-state index is 11.5. The van der Waals surface area contributed by atoms with Gasteiger partial charge in [0.05, 0.1) is 5.92 Å². The highest BCUT2D eigenvalue weighted by Crippen LogP contribution is 2.30. The first-order valence-electron chi connectivity index (χ1n) is 7.55. The molecule has 0 saturated heterocycles. The van der Waals surface area contributed by atoms with Crippen LogP contribution in [0.5, 0.6) is 0 Å². The summed E-state index contributed by atoms with van der Waals surface area (Å²) in [5.41, 5.74) is 3.20. The minimum absolute atomic E-state index is 0.457. The number of nitrogens with zero attached hydrogens (tertiary/aromatic N) is 1. The molecule has 0 radical (unpaired) electrons. The van der Waals surface area contributed by atoms with Crippen molar-refractivity contribution in [3.8, 4) is 0 Å². The highest BCUT2D eigenvalue weighted by Gasteiger charge is 2.22. The second kappa shape index (κ2) is 6.06. The monoisotopic (exact) mass is 293 g/mol. The van der Waals surface area contributed by atoms with E-state index in [1.165, 1.54) is 5.56 Å². The van der Waals surface area contributed by atoms with Gasteiger partial charge in [-0.25, -0.2) is 0 Å². The molecular weight excluding hydrogens is 274 g/mol. The van der Waals surface area contributed by atoms with E-state index in [4.69, 9.17) is 0 Å². The molecule has 1 unspecified atom stereocenters. The van der Waals surface area contributed by atoms with Crippen LogP contribution in [0.15, 0.2) is 60.8 Å². The van der Waals surface area contributed by atoms with Gasteiger partial charge in [-0.05, 0) is 23.6 Å². The highest BCUT2D eigenvalue weighted by atomic mass is 16.4. The molecule has 1 atom stereocenters. The molecule has 1 aromatic heterocycles. The summed E-state index contributed by atoms with van der Waals surface area (Å²) in [6.45, 7) is 2.67. The van der Waals surface area contributed by atoms with Crippen LogP contribution in [0, 0.1) is 0 Å². The average molecular weight is 293 g/mol. The minimum Gasteiger partial charge on any atom is -0.481 e. The molecule has 3 nitrogen and oxygen atoms in total. The highest BCUT2D eigenvalue weighted by molar-refractivity contribution is 5.89. The van der Waals surface area contributed by atoms with Crippen molar-refractivity contribution in [1.82, 2.24) is 4.57 Å². The van der Waals surface area contributed by atoms with Crippen LogP contribution >= 0.6 is 0 Å². The lowest BCUT2D eigenvalue weighted by Crippen LogP contribution is -2.10. The minimum atomic E-state index is -0.759. The third-order valence-corrected chi connectivity index (χ3v) is 4.10. The molecule has 2 aromatic carbocycles. The maximum Gasteiger partial charge on any atom is 0.311 e. The van der Waals surface area contributed by atoms with Gasteiger partial charge in [0.1, 0.15) is 0 Å². The number of fused-ring (bicyclic) bond motifs is 1. The van der Waals surface area contributed by atoms with Crippen molar-refractivity contribution in [2.24, 2.45) is 0 Å². The number of aromatic nitrogens is 1. The van der Waals surface area contributed by atoms with Gasteiger partial charge in [-0.2, -0.15) is 0 Å². The molecule has 1 N–H and O–H groups in total. The number of hydrogen-bond acceptors (Lipinski definition) is 1. The van der Waals surface area contributed by atoms with Gasteiger partial charge in [0.2, 0.25) is 0 Å². The molecule has 0 saturated carbocycles. The fraction of sp³-hybridized carbons (Fsp3) is 0.211. The molecule has 0 aliphatic rings. The molecule has 0 amide bonds. The predicted molar refractivity (Wildman–Crippen MR) is 88.1 cm³/mol. The molecule has 0 aliphatic carbocycles. The van der Waals surface area contributed by atoms with Crippen LogP contribution in [0.3, 0.4) is 0 Å². The molecule has 0 fully saturated rings. The molecule has 3 heteroatoms. The summed E-state index contributed by atoms with van der Waals surface area (Å²) in [5, 5.41) is 10.5. The van der Waals surface area contributed by atoms with Crippen molar-refractivity contribution in [2.75, 3.05) is 0 Å². The van der Waals surface area contributed by atoms with Gasteiger partial charge in [-0.15, -0.1) is 0 Å². The Morgan fingerprint density at radius 1 is 1.09 bits per heavy atom.